The molecule has 27 heavy (non-hydrogen) atoms. The quantitative estimate of drug-likeness (QED) is 0.711. The van der Waals surface area contributed by atoms with Gasteiger partial charge in [-0.2, -0.15) is 5.10 Å². The highest BCUT2D eigenvalue weighted by Gasteiger charge is 2.15. The molecule has 0 saturated heterocycles. The van der Waals surface area contributed by atoms with E-state index in [-0.39, 0.29) is 5.91 Å². The number of nitrogens with one attached hydrogen (secondary N) is 1. The molecule has 0 unspecified atom stereocenters. The van der Waals surface area contributed by atoms with Crippen molar-refractivity contribution in [1.29, 1.82) is 0 Å². The summed E-state index contributed by atoms with van der Waals surface area (Å²) in [5.74, 6) is 1.01. The fourth-order valence-corrected chi connectivity index (χ4v) is 4.20. The second-order valence-electron chi connectivity index (χ2n) is 6.51. The summed E-state index contributed by atoms with van der Waals surface area (Å²) in [6.07, 6.45) is 2.81. The number of thioether (sulfide) groups is 1. The van der Waals surface area contributed by atoms with Gasteiger partial charge in [-0.3, -0.25) is 4.79 Å². The Bertz CT molecular complexity index is 971. The smallest absolute Gasteiger partial charge is 0.251 e. The van der Waals surface area contributed by atoms with E-state index in [1.807, 2.05) is 26.0 Å². The first-order chi connectivity index (χ1) is 13.0. The first-order valence-electron chi connectivity index (χ1n) is 8.82. The molecule has 0 radical (unpaired) electrons. The van der Waals surface area contributed by atoms with Crippen molar-refractivity contribution in [2.45, 2.75) is 32.0 Å². The highest BCUT2D eigenvalue weighted by atomic mass is 35.5. The number of hydrogen-bond donors (Lipinski definition) is 1. The molecule has 0 spiro atoms. The number of aromatic nitrogens is 4. The maximum Gasteiger partial charge on any atom is 0.251 e. The molecule has 2 aromatic heterocycles. The summed E-state index contributed by atoms with van der Waals surface area (Å²) in [5.41, 5.74) is 4.20. The molecular formula is C19H20ClN5OS. The number of carbonyl (C=O) groups excluding carboxylic acids is 1. The van der Waals surface area contributed by atoms with E-state index in [1.54, 1.807) is 28.6 Å². The highest BCUT2D eigenvalue weighted by molar-refractivity contribution is 7.99. The summed E-state index contributed by atoms with van der Waals surface area (Å²) in [6, 6.07) is 7.36. The normalized spacial score (nSPS) is 13.0. The Morgan fingerprint density at radius 3 is 2.74 bits per heavy atom. The van der Waals surface area contributed by atoms with Crippen molar-refractivity contribution in [2.75, 3.05) is 12.3 Å². The van der Waals surface area contributed by atoms with Crippen molar-refractivity contribution >= 4 is 29.3 Å². The minimum atomic E-state index is -0.0888. The van der Waals surface area contributed by atoms with Crippen LogP contribution in [0.5, 0.6) is 0 Å². The van der Waals surface area contributed by atoms with Crippen LogP contribution in [-0.2, 0) is 13.0 Å². The number of aryl methyl sites for hydroxylation is 2. The van der Waals surface area contributed by atoms with Crippen LogP contribution in [-0.4, -0.2) is 37.5 Å². The van der Waals surface area contributed by atoms with Crippen LogP contribution in [0.4, 0.5) is 0 Å². The lowest BCUT2D eigenvalue weighted by Crippen LogP contribution is -2.25. The molecule has 0 bridgehead atoms. The molecule has 1 aliphatic heterocycles. The van der Waals surface area contributed by atoms with Gasteiger partial charge in [0, 0.05) is 37.0 Å². The van der Waals surface area contributed by atoms with Crippen molar-refractivity contribution in [3.8, 4) is 5.69 Å². The SMILES string of the molecule is Cc1nn(-c2ccc(C(=O)NCCc3cn4c(n3)SCC4)cc2)c(C)c1Cl. The molecule has 8 heteroatoms. The van der Waals surface area contributed by atoms with E-state index in [0.29, 0.717) is 17.1 Å². The van der Waals surface area contributed by atoms with E-state index in [9.17, 15) is 4.79 Å². The lowest BCUT2D eigenvalue weighted by atomic mass is 10.2. The van der Waals surface area contributed by atoms with Crippen LogP contribution >= 0.6 is 23.4 Å². The van der Waals surface area contributed by atoms with E-state index < -0.39 is 0 Å². The van der Waals surface area contributed by atoms with E-state index >= 15 is 0 Å². The molecule has 0 aliphatic carbocycles. The third-order valence-corrected chi connectivity index (χ3v) is 6.11. The van der Waals surface area contributed by atoms with Crippen LogP contribution in [0.1, 0.15) is 27.4 Å². The zero-order valence-corrected chi connectivity index (χ0v) is 16.8. The molecule has 1 N–H and O–H groups in total. The van der Waals surface area contributed by atoms with Gasteiger partial charge >= 0.3 is 0 Å². The van der Waals surface area contributed by atoms with Gasteiger partial charge in [0.25, 0.3) is 5.91 Å². The van der Waals surface area contributed by atoms with Crippen molar-refractivity contribution in [2.24, 2.45) is 0 Å². The van der Waals surface area contributed by atoms with Gasteiger partial charge in [0.1, 0.15) is 0 Å². The standard InChI is InChI=1S/C19H20ClN5OS/c1-12-17(20)13(2)25(23-12)16-5-3-14(4-6-16)18(26)21-8-7-15-11-24-9-10-27-19(24)22-15/h3-6,11H,7-10H2,1-2H3,(H,21,26). The minimum absolute atomic E-state index is 0.0888. The van der Waals surface area contributed by atoms with Gasteiger partial charge in [0.05, 0.1) is 27.8 Å². The van der Waals surface area contributed by atoms with E-state index in [4.69, 9.17) is 11.6 Å². The summed E-state index contributed by atoms with van der Waals surface area (Å²) >= 11 is 7.98. The summed E-state index contributed by atoms with van der Waals surface area (Å²) in [7, 11) is 0. The molecule has 4 rings (SSSR count). The predicted molar refractivity (Wildman–Crippen MR) is 107 cm³/mol. The number of hydrogen-bond acceptors (Lipinski definition) is 4. The third-order valence-electron chi connectivity index (χ3n) is 4.60. The number of imidazole rings is 1. The molecule has 0 fully saturated rings. The molecule has 1 amide bonds. The third kappa shape index (κ3) is 3.61. The van der Waals surface area contributed by atoms with Gasteiger partial charge in [-0.05, 0) is 38.1 Å². The number of amides is 1. The lowest BCUT2D eigenvalue weighted by molar-refractivity contribution is 0.0954. The minimum Gasteiger partial charge on any atom is -0.352 e. The Morgan fingerprint density at radius 2 is 2.07 bits per heavy atom. The number of carbonyl (C=O) groups is 1. The zero-order chi connectivity index (χ0) is 19.0. The molecule has 140 valence electrons. The van der Waals surface area contributed by atoms with E-state index in [1.165, 1.54) is 0 Å². The predicted octanol–water partition coefficient (Wildman–Crippen LogP) is 3.42. The maximum absolute atomic E-state index is 12.4. The average Bonchev–Trinajstić information content (AvgIpc) is 3.32. The first-order valence-corrected chi connectivity index (χ1v) is 10.2. The Morgan fingerprint density at radius 1 is 1.30 bits per heavy atom. The van der Waals surface area contributed by atoms with Crippen LogP contribution in [0.2, 0.25) is 5.02 Å². The number of fused-ring (bicyclic) bond motifs is 1. The molecule has 6 nitrogen and oxygen atoms in total. The van der Waals surface area contributed by atoms with Crippen LogP contribution in [0.3, 0.4) is 0 Å². The Labute approximate surface area is 166 Å². The fraction of sp³-hybridized carbons (Fsp3) is 0.316. The number of rotatable bonds is 5. The largest absolute Gasteiger partial charge is 0.352 e. The summed E-state index contributed by atoms with van der Waals surface area (Å²) in [5, 5.41) is 9.14. The molecular weight excluding hydrogens is 382 g/mol. The second-order valence-corrected chi connectivity index (χ2v) is 7.95. The van der Waals surface area contributed by atoms with Gasteiger partial charge in [0.2, 0.25) is 0 Å². The van der Waals surface area contributed by atoms with Gasteiger partial charge in [-0.1, -0.05) is 23.4 Å². The van der Waals surface area contributed by atoms with Crippen LogP contribution in [0.25, 0.3) is 5.69 Å². The lowest BCUT2D eigenvalue weighted by Gasteiger charge is -2.07. The van der Waals surface area contributed by atoms with Crippen molar-refractivity contribution < 1.29 is 4.79 Å². The van der Waals surface area contributed by atoms with Gasteiger partial charge in [-0.25, -0.2) is 9.67 Å². The first kappa shape index (κ1) is 18.1. The number of halogens is 1. The number of nitrogens with zero attached hydrogens (tertiary/aromatic N) is 4. The average molecular weight is 402 g/mol. The van der Waals surface area contributed by atoms with E-state index in [0.717, 1.165) is 46.6 Å². The molecule has 0 saturated carbocycles. The van der Waals surface area contributed by atoms with Crippen LogP contribution in [0.15, 0.2) is 35.6 Å². The molecule has 1 aromatic carbocycles. The van der Waals surface area contributed by atoms with Crippen molar-refractivity contribution in [3.05, 3.63) is 58.1 Å². The van der Waals surface area contributed by atoms with E-state index in [2.05, 4.69) is 26.2 Å². The number of benzene rings is 1. The van der Waals surface area contributed by atoms with Crippen LogP contribution < -0.4 is 5.32 Å². The maximum atomic E-state index is 12.4. The Hall–Kier alpha value is -2.25. The van der Waals surface area contributed by atoms with Gasteiger partial charge < -0.3 is 9.88 Å². The summed E-state index contributed by atoms with van der Waals surface area (Å²) in [4.78, 5) is 16.9. The van der Waals surface area contributed by atoms with Crippen molar-refractivity contribution in [1.82, 2.24) is 24.6 Å². The second kappa shape index (κ2) is 7.40. The highest BCUT2D eigenvalue weighted by Crippen LogP contribution is 2.24. The molecule has 3 heterocycles. The topological polar surface area (TPSA) is 64.7 Å². The Balaban J connectivity index is 1.36. The summed E-state index contributed by atoms with van der Waals surface area (Å²) < 4.78 is 3.96. The van der Waals surface area contributed by atoms with Gasteiger partial charge in [0.15, 0.2) is 5.16 Å². The zero-order valence-electron chi connectivity index (χ0n) is 15.2. The van der Waals surface area contributed by atoms with Crippen molar-refractivity contribution in [3.63, 3.8) is 0 Å². The van der Waals surface area contributed by atoms with Gasteiger partial charge in [-0.15, -0.1) is 0 Å². The molecule has 1 aliphatic rings. The molecule has 3 aromatic rings. The Kier molecular flexibility index (Phi) is 4.97. The molecule has 0 atom stereocenters. The fourth-order valence-electron chi connectivity index (χ4n) is 3.12. The monoisotopic (exact) mass is 401 g/mol. The van der Waals surface area contributed by atoms with Crippen LogP contribution in [0, 0.1) is 13.8 Å². The summed E-state index contributed by atoms with van der Waals surface area (Å²) in [6.45, 7) is 5.38.